The lowest BCUT2D eigenvalue weighted by atomic mass is 9.87. The molecule has 92 valence electrons. The van der Waals surface area contributed by atoms with Crippen LogP contribution in [0.3, 0.4) is 0 Å². The van der Waals surface area contributed by atoms with Crippen LogP contribution in [0.4, 0.5) is 0 Å². The van der Waals surface area contributed by atoms with E-state index < -0.39 is 0 Å². The Morgan fingerprint density at radius 1 is 0.800 bits per heavy atom. The lowest BCUT2D eigenvalue weighted by Crippen LogP contribution is -2.44. The molecule has 0 aliphatic heterocycles. The third kappa shape index (κ3) is 6.19. The van der Waals surface area contributed by atoms with Gasteiger partial charge in [-0.05, 0) is 32.2 Å². The second-order valence-corrected chi connectivity index (χ2v) is 4.72. The van der Waals surface area contributed by atoms with E-state index in [9.17, 15) is 0 Å². The number of rotatable bonds is 10. The summed E-state index contributed by atoms with van der Waals surface area (Å²) < 4.78 is 0. The fraction of sp³-hybridized carbons (Fsp3) is 1.00. The molecule has 0 saturated heterocycles. The molecule has 0 radical (unpaired) electrons. The molecule has 15 heavy (non-hydrogen) atoms. The highest BCUT2D eigenvalue weighted by Crippen LogP contribution is 2.21. The Kier molecular flexibility index (Phi) is 9.18. The zero-order valence-electron chi connectivity index (χ0n) is 11.4. The van der Waals surface area contributed by atoms with Crippen LogP contribution in [-0.4, -0.2) is 12.1 Å². The first-order chi connectivity index (χ1) is 7.24. The molecule has 0 unspecified atom stereocenters. The quantitative estimate of drug-likeness (QED) is 0.526. The first kappa shape index (κ1) is 15.0. The van der Waals surface area contributed by atoms with Crippen molar-refractivity contribution >= 4 is 0 Å². The molecule has 1 heteroatoms. The standard InChI is InChI=1S/C14H31N/c1-5-9-10-11-13-15-14(7-3,8-4)12-6-2/h15H,5-13H2,1-4H3. The smallest absolute Gasteiger partial charge is 0.0176 e. The molecule has 0 rings (SSSR count). The zero-order valence-corrected chi connectivity index (χ0v) is 11.4. The van der Waals surface area contributed by atoms with Crippen LogP contribution in [0.5, 0.6) is 0 Å². The fourth-order valence-corrected chi connectivity index (χ4v) is 2.33. The summed E-state index contributed by atoms with van der Waals surface area (Å²) in [4.78, 5) is 0. The van der Waals surface area contributed by atoms with Gasteiger partial charge in [0.05, 0.1) is 0 Å². The van der Waals surface area contributed by atoms with E-state index in [0.717, 1.165) is 0 Å². The lowest BCUT2D eigenvalue weighted by molar-refractivity contribution is 0.275. The fourth-order valence-electron chi connectivity index (χ4n) is 2.33. The Morgan fingerprint density at radius 2 is 1.47 bits per heavy atom. The molecule has 0 aliphatic rings. The number of hydrogen-bond acceptors (Lipinski definition) is 1. The van der Waals surface area contributed by atoms with E-state index in [1.165, 1.54) is 57.9 Å². The van der Waals surface area contributed by atoms with Crippen LogP contribution in [0, 0.1) is 0 Å². The van der Waals surface area contributed by atoms with Crippen molar-refractivity contribution in [1.82, 2.24) is 5.32 Å². The highest BCUT2D eigenvalue weighted by atomic mass is 15.0. The monoisotopic (exact) mass is 213 g/mol. The summed E-state index contributed by atoms with van der Waals surface area (Å²) in [5.41, 5.74) is 0.432. The Bertz CT molecular complexity index is 127. The van der Waals surface area contributed by atoms with Gasteiger partial charge in [-0.2, -0.15) is 0 Å². The van der Waals surface area contributed by atoms with E-state index in [4.69, 9.17) is 0 Å². The van der Waals surface area contributed by atoms with Crippen LogP contribution in [0.1, 0.15) is 79.1 Å². The Labute approximate surface area is 97.0 Å². The second kappa shape index (κ2) is 9.21. The van der Waals surface area contributed by atoms with Gasteiger partial charge in [0.25, 0.3) is 0 Å². The number of hydrogen-bond donors (Lipinski definition) is 1. The van der Waals surface area contributed by atoms with Crippen LogP contribution in [0.2, 0.25) is 0 Å². The molecular weight excluding hydrogens is 182 g/mol. The van der Waals surface area contributed by atoms with Gasteiger partial charge in [0.1, 0.15) is 0 Å². The van der Waals surface area contributed by atoms with Gasteiger partial charge in [-0.15, -0.1) is 0 Å². The molecule has 0 aromatic carbocycles. The summed E-state index contributed by atoms with van der Waals surface area (Å²) in [5, 5.41) is 3.79. The third-order valence-electron chi connectivity index (χ3n) is 3.61. The van der Waals surface area contributed by atoms with Crippen molar-refractivity contribution in [2.75, 3.05) is 6.54 Å². The lowest BCUT2D eigenvalue weighted by Gasteiger charge is -2.33. The maximum absolute atomic E-state index is 3.79. The Balaban J connectivity index is 3.74. The Hall–Kier alpha value is -0.0400. The van der Waals surface area contributed by atoms with Crippen molar-refractivity contribution in [1.29, 1.82) is 0 Å². The van der Waals surface area contributed by atoms with Gasteiger partial charge in [0.15, 0.2) is 0 Å². The van der Waals surface area contributed by atoms with Crippen LogP contribution in [0.25, 0.3) is 0 Å². The molecule has 1 nitrogen and oxygen atoms in total. The number of nitrogens with one attached hydrogen (secondary N) is 1. The summed E-state index contributed by atoms with van der Waals surface area (Å²) in [7, 11) is 0. The van der Waals surface area contributed by atoms with E-state index in [2.05, 4.69) is 33.0 Å². The third-order valence-corrected chi connectivity index (χ3v) is 3.61. The molecule has 0 amide bonds. The topological polar surface area (TPSA) is 12.0 Å². The minimum absolute atomic E-state index is 0.432. The van der Waals surface area contributed by atoms with E-state index in [-0.39, 0.29) is 0 Å². The van der Waals surface area contributed by atoms with Crippen molar-refractivity contribution in [2.24, 2.45) is 0 Å². The SMILES string of the molecule is CCCCCCNC(CC)(CC)CCC. The predicted octanol–water partition coefficient (Wildman–Crippen LogP) is 4.52. The molecule has 0 aromatic rings. The highest BCUT2D eigenvalue weighted by Gasteiger charge is 2.23. The molecule has 0 bridgehead atoms. The minimum atomic E-state index is 0.432. The summed E-state index contributed by atoms with van der Waals surface area (Å²) >= 11 is 0. The average Bonchev–Trinajstić information content (AvgIpc) is 2.27. The van der Waals surface area contributed by atoms with Crippen molar-refractivity contribution in [3.63, 3.8) is 0 Å². The highest BCUT2D eigenvalue weighted by molar-refractivity contribution is 4.84. The van der Waals surface area contributed by atoms with Gasteiger partial charge in [-0.1, -0.05) is 53.4 Å². The van der Waals surface area contributed by atoms with Gasteiger partial charge in [-0.25, -0.2) is 0 Å². The minimum Gasteiger partial charge on any atom is -0.311 e. The van der Waals surface area contributed by atoms with Crippen molar-refractivity contribution < 1.29 is 0 Å². The molecule has 0 aromatic heterocycles. The number of unbranched alkanes of at least 4 members (excludes halogenated alkanes) is 3. The first-order valence-electron chi connectivity index (χ1n) is 6.99. The summed E-state index contributed by atoms with van der Waals surface area (Å²) in [6.45, 7) is 10.4. The maximum atomic E-state index is 3.79. The summed E-state index contributed by atoms with van der Waals surface area (Å²) in [5.74, 6) is 0. The maximum Gasteiger partial charge on any atom is 0.0176 e. The van der Waals surface area contributed by atoms with Crippen LogP contribution < -0.4 is 5.32 Å². The molecule has 0 aliphatic carbocycles. The van der Waals surface area contributed by atoms with E-state index in [1.54, 1.807) is 0 Å². The predicted molar refractivity (Wildman–Crippen MR) is 70.4 cm³/mol. The van der Waals surface area contributed by atoms with Crippen molar-refractivity contribution in [3.8, 4) is 0 Å². The van der Waals surface area contributed by atoms with Gasteiger partial charge in [0, 0.05) is 5.54 Å². The van der Waals surface area contributed by atoms with Crippen LogP contribution in [0.15, 0.2) is 0 Å². The molecule has 0 saturated carbocycles. The van der Waals surface area contributed by atoms with Gasteiger partial charge in [-0.3, -0.25) is 0 Å². The van der Waals surface area contributed by atoms with Gasteiger partial charge < -0.3 is 5.32 Å². The van der Waals surface area contributed by atoms with E-state index in [1.807, 2.05) is 0 Å². The largest absolute Gasteiger partial charge is 0.311 e. The Morgan fingerprint density at radius 3 is 1.93 bits per heavy atom. The summed E-state index contributed by atoms with van der Waals surface area (Å²) in [6.07, 6.45) is 10.6. The molecule has 0 atom stereocenters. The normalized spacial score (nSPS) is 12.0. The molecule has 1 N–H and O–H groups in total. The van der Waals surface area contributed by atoms with E-state index >= 15 is 0 Å². The second-order valence-electron chi connectivity index (χ2n) is 4.72. The summed E-state index contributed by atoms with van der Waals surface area (Å²) in [6, 6.07) is 0. The molecule has 0 heterocycles. The van der Waals surface area contributed by atoms with Crippen LogP contribution in [-0.2, 0) is 0 Å². The van der Waals surface area contributed by atoms with Gasteiger partial charge >= 0.3 is 0 Å². The van der Waals surface area contributed by atoms with E-state index in [0.29, 0.717) is 5.54 Å². The van der Waals surface area contributed by atoms with Crippen molar-refractivity contribution in [3.05, 3.63) is 0 Å². The van der Waals surface area contributed by atoms with Crippen molar-refractivity contribution in [2.45, 2.75) is 84.6 Å². The molecular formula is C14H31N. The zero-order chi connectivity index (χ0) is 11.6. The molecule has 0 spiro atoms. The van der Waals surface area contributed by atoms with Crippen LogP contribution >= 0.6 is 0 Å². The first-order valence-corrected chi connectivity index (χ1v) is 6.99. The average molecular weight is 213 g/mol. The van der Waals surface area contributed by atoms with Gasteiger partial charge in [0.2, 0.25) is 0 Å². The molecule has 0 fully saturated rings.